The molecule has 0 spiro atoms. The summed E-state index contributed by atoms with van der Waals surface area (Å²) >= 11 is 3.41. The van der Waals surface area contributed by atoms with Crippen molar-refractivity contribution in [3.8, 4) is 17.2 Å². The molecule has 1 atom stereocenters. The van der Waals surface area contributed by atoms with Gasteiger partial charge in [-0.25, -0.2) is 0 Å². The Morgan fingerprint density at radius 1 is 1.00 bits per heavy atom. The Kier molecular flexibility index (Phi) is 8.45. The fourth-order valence-corrected chi connectivity index (χ4v) is 4.42. The van der Waals surface area contributed by atoms with Crippen LogP contribution in [0.3, 0.4) is 0 Å². The Morgan fingerprint density at radius 3 is 2.30 bits per heavy atom. The molecule has 3 aromatic carbocycles. The predicted octanol–water partition coefficient (Wildman–Crippen LogP) is 5.35. The predicted molar refractivity (Wildman–Crippen MR) is 143 cm³/mol. The summed E-state index contributed by atoms with van der Waals surface area (Å²) in [4.78, 5) is 39.0. The minimum Gasteiger partial charge on any atom is -0.497 e. The number of anilines is 2. The second-order valence-electron chi connectivity index (χ2n) is 8.49. The lowest BCUT2D eigenvalue weighted by molar-refractivity contribution is -0.151. The number of carbonyl (C=O) groups excluding carboxylic acids is 3. The second-order valence-corrected chi connectivity index (χ2v) is 9.40. The van der Waals surface area contributed by atoms with Crippen molar-refractivity contribution in [1.82, 2.24) is 0 Å². The van der Waals surface area contributed by atoms with Gasteiger partial charge in [0.25, 0.3) is 5.91 Å². The van der Waals surface area contributed by atoms with Gasteiger partial charge in [0.2, 0.25) is 5.91 Å². The number of carbonyl (C=O) groups is 3. The first-order valence-electron chi connectivity index (χ1n) is 11.8. The molecule has 9 heteroatoms. The topological polar surface area (TPSA) is 94.2 Å². The fourth-order valence-electron chi connectivity index (χ4n) is 4.01. The van der Waals surface area contributed by atoms with Gasteiger partial charge in [-0.2, -0.15) is 0 Å². The number of ether oxygens (including phenoxy) is 3. The molecule has 1 aliphatic heterocycles. The lowest BCUT2D eigenvalue weighted by Crippen LogP contribution is -2.28. The van der Waals surface area contributed by atoms with Crippen LogP contribution >= 0.6 is 15.9 Å². The first-order chi connectivity index (χ1) is 17.9. The molecule has 2 amide bonds. The van der Waals surface area contributed by atoms with Crippen molar-refractivity contribution in [3.05, 3.63) is 76.8 Å². The van der Waals surface area contributed by atoms with E-state index in [1.54, 1.807) is 66.6 Å². The van der Waals surface area contributed by atoms with Crippen molar-refractivity contribution in [2.45, 2.75) is 19.8 Å². The SMILES string of the molecule is CCc1cc(Br)ccc1NC(=O)COC(=O)[C@@H]1CC(=O)N(c2ccc(Oc3ccc(OC)cc3)cc2)C1. The van der Waals surface area contributed by atoms with Gasteiger partial charge >= 0.3 is 5.97 Å². The van der Waals surface area contributed by atoms with Crippen molar-refractivity contribution in [1.29, 1.82) is 0 Å². The molecule has 1 fully saturated rings. The molecule has 1 aliphatic rings. The number of methoxy groups -OCH3 is 1. The maximum atomic E-state index is 12.6. The average molecular weight is 567 g/mol. The van der Waals surface area contributed by atoms with Gasteiger partial charge in [0.15, 0.2) is 6.61 Å². The van der Waals surface area contributed by atoms with E-state index >= 15 is 0 Å². The Morgan fingerprint density at radius 2 is 1.65 bits per heavy atom. The van der Waals surface area contributed by atoms with E-state index in [0.29, 0.717) is 22.9 Å². The summed E-state index contributed by atoms with van der Waals surface area (Å²) in [5.41, 5.74) is 2.29. The summed E-state index contributed by atoms with van der Waals surface area (Å²) in [6, 6.07) is 19.8. The van der Waals surface area contributed by atoms with Crippen LogP contribution in [0.5, 0.6) is 17.2 Å². The molecule has 37 heavy (non-hydrogen) atoms. The Bertz CT molecular complexity index is 1280. The number of halogens is 1. The van der Waals surface area contributed by atoms with Crippen molar-refractivity contribution < 1.29 is 28.6 Å². The quantitative estimate of drug-likeness (QED) is 0.351. The molecule has 0 unspecified atom stereocenters. The minimum atomic E-state index is -0.644. The maximum absolute atomic E-state index is 12.6. The summed E-state index contributed by atoms with van der Waals surface area (Å²) in [5, 5.41) is 2.77. The van der Waals surface area contributed by atoms with Gasteiger partial charge in [0.1, 0.15) is 17.2 Å². The summed E-state index contributed by atoms with van der Waals surface area (Å²) < 4.78 is 17.1. The van der Waals surface area contributed by atoms with E-state index < -0.39 is 24.4 Å². The molecule has 0 radical (unpaired) electrons. The standard InChI is InChI=1S/C28H27BrN2O6/c1-3-18-14-20(29)4-13-25(18)30-26(32)17-36-28(34)19-15-27(33)31(16-19)21-5-7-23(8-6-21)37-24-11-9-22(35-2)10-12-24/h4-14,19H,3,15-17H2,1-2H3,(H,30,32)/t19-/m1/s1. The average Bonchev–Trinajstić information content (AvgIpc) is 3.30. The molecule has 0 bridgehead atoms. The summed E-state index contributed by atoms with van der Waals surface area (Å²) in [6.07, 6.45) is 0.765. The second kappa shape index (κ2) is 11.9. The first-order valence-corrected chi connectivity index (χ1v) is 12.6. The molecule has 0 aromatic heterocycles. The number of hydrogen-bond acceptors (Lipinski definition) is 6. The van der Waals surface area contributed by atoms with E-state index in [-0.39, 0.29) is 18.9 Å². The van der Waals surface area contributed by atoms with Gasteiger partial charge in [-0.15, -0.1) is 0 Å². The Hall–Kier alpha value is -3.85. The Balaban J connectivity index is 1.29. The molecule has 0 saturated carbocycles. The highest BCUT2D eigenvalue weighted by molar-refractivity contribution is 9.10. The summed E-state index contributed by atoms with van der Waals surface area (Å²) in [6.45, 7) is 1.76. The largest absolute Gasteiger partial charge is 0.497 e. The van der Waals surface area contributed by atoms with E-state index in [1.165, 1.54) is 0 Å². The highest BCUT2D eigenvalue weighted by Gasteiger charge is 2.36. The molecule has 8 nitrogen and oxygen atoms in total. The smallest absolute Gasteiger partial charge is 0.311 e. The van der Waals surface area contributed by atoms with Crippen LogP contribution in [0.25, 0.3) is 0 Å². The van der Waals surface area contributed by atoms with Crippen molar-refractivity contribution in [2.75, 3.05) is 30.5 Å². The van der Waals surface area contributed by atoms with Crippen LogP contribution in [0.15, 0.2) is 71.2 Å². The van der Waals surface area contributed by atoms with Crippen molar-refractivity contribution >= 4 is 45.1 Å². The third-order valence-electron chi connectivity index (χ3n) is 5.97. The van der Waals surface area contributed by atoms with Crippen molar-refractivity contribution in [3.63, 3.8) is 0 Å². The number of benzene rings is 3. The van der Waals surface area contributed by atoms with Gasteiger partial charge in [-0.3, -0.25) is 14.4 Å². The molecule has 0 aliphatic carbocycles. The molecule has 4 rings (SSSR count). The zero-order chi connectivity index (χ0) is 26.4. The minimum absolute atomic E-state index is 0.0250. The van der Waals surface area contributed by atoms with Crippen molar-refractivity contribution in [2.24, 2.45) is 5.92 Å². The molecular formula is C28H27BrN2O6. The molecule has 1 N–H and O–H groups in total. The number of rotatable bonds is 9. The number of esters is 1. The lowest BCUT2D eigenvalue weighted by Gasteiger charge is -2.17. The molecule has 192 valence electrons. The van der Waals surface area contributed by atoms with Crippen LogP contribution in [-0.2, 0) is 25.5 Å². The zero-order valence-electron chi connectivity index (χ0n) is 20.5. The van der Waals surface area contributed by atoms with Gasteiger partial charge in [-0.05, 0) is 78.7 Å². The van der Waals surface area contributed by atoms with Gasteiger partial charge in [-0.1, -0.05) is 22.9 Å². The van der Waals surface area contributed by atoms with Crippen LogP contribution in [0.1, 0.15) is 18.9 Å². The van der Waals surface area contributed by atoms with Gasteiger partial charge in [0.05, 0.1) is 13.0 Å². The normalized spacial score (nSPS) is 14.8. The third-order valence-corrected chi connectivity index (χ3v) is 6.46. The Labute approximate surface area is 223 Å². The molecule has 1 saturated heterocycles. The fraction of sp³-hybridized carbons (Fsp3) is 0.250. The number of amides is 2. The van der Waals surface area contributed by atoms with Crippen LogP contribution in [0, 0.1) is 5.92 Å². The first kappa shape index (κ1) is 26.2. The molecule has 3 aromatic rings. The highest BCUT2D eigenvalue weighted by Crippen LogP contribution is 2.30. The van der Waals surface area contributed by atoms with Crippen LogP contribution in [-0.4, -0.2) is 38.0 Å². The monoisotopic (exact) mass is 566 g/mol. The number of aryl methyl sites for hydroxylation is 1. The van der Waals surface area contributed by atoms with E-state index in [9.17, 15) is 14.4 Å². The van der Waals surface area contributed by atoms with Crippen LogP contribution < -0.4 is 19.7 Å². The van der Waals surface area contributed by atoms with Crippen LogP contribution in [0.2, 0.25) is 0 Å². The van der Waals surface area contributed by atoms with E-state index in [2.05, 4.69) is 21.2 Å². The van der Waals surface area contributed by atoms with E-state index in [0.717, 1.165) is 22.2 Å². The summed E-state index contributed by atoms with van der Waals surface area (Å²) in [5.74, 6) is 0.172. The van der Waals surface area contributed by atoms with E-state index in [1.807, 2.05) is 19.1 Å². The highest BCUT2D eigenvalue weighted by atomic mass is 79.9. The van der Waals surface area contributed by atoms with E-state index in [4.69, 9.17) is 14.2 Å². The zero-order valence-corrected chi connectivity index (χ0v) is 22.1. The van der Waals surface area contributed by atoms with Crippen LogP contribution in [0.4, 0.5) is 11.4 Å². The lowest BCUT2D eigenvalue weighted by atomic mass is 10.1. The van der Waals surface area contributed by atoms with Gasteiger partial charge < -0.3 is 24.4 Å². The number of hydrogen-bond donors (Lipinski definition) is 1. The third kappa shape index (κ3) is 6.68. The summed E-state index contributed by atoms with van der Waals surface area (Å²) in [7, 11) is 1.60. The maximum Gasteiger partial charge on any atom is 0.311 e. The van der Waals surface area contributed by atoms with Gasteiger partial charge in [0, 0.05) is 28.8 Å². The molecule has 1 heterocycles. The number of nitrogens with one attached hydrogen (secondary N) is 1. The number of nitrogens with zero attached hydrogens (tertiary/aromatic N) is 1. The molecular weight excluding hydrogens is 540 g/mol.